The Bertz CT molecular complexity index is 748. The third-order valence-electron chi connectivity index (χ3n) is 2.54. The Balaban J connectivity index is 2.38. The van der Waals surface area contributed by atoms with Crippen molar-refractivity contribution in [3.8, 4) is 5.75 Å². The first-order valence-electron chi connectivity index (χ1n) is 5.54. The maximum Gasteiger partial charge on any atom is 0.290 e. The minimum atomic E-state index is -0.602. The number of nitro benzene ring substituents is 1. The zero-order valence-corrected chi connectivity index (χ0v) is 12.5. The number of phenols is 1. The van der Waals surface area contributed by atoms with E-state index in [0.717, 1.165) is 0 Å². The number of nitrogens with zero attached hydrogens (tertiary/aromatic N) is 2. The summed E-state index contributed by atoms with van der Waals surface area (Å²) < 4.78 is 0. The molecule has 0 amide bonds. The molecular weight excluding hydrogens is 339 g/mol. The fourth-order valence-corrected chi connectivity index (χ4v) is 2.25. The third-order valence-corrected chi connectivity index (χ3v) is 3.36. The lowest BCUT2D eigenvalue weighted by Crippen LogP contribution is -1.88. The van der Waals surface area contributed by atoms with Crippen molar-refractivity contribution in [1.29, 1.82) is 0 Å². The molecule has 0 saturated carbocycles. The van der Waals surface area contributed by atoms with Crippen molar-refractivity contribution in [2.45, 2.75) is 0 Å². The van der Waals surface area contributed by atoms with Crippen molar-refractivity contribution >= 4 is 52.4 Å². The van der Waals surface area contributed by atoms with Crippen molar-refractivity contribution in [2.24, 2.45) is 4.99 Å². The third kappa shape index (κ3) is 3.64. The summed E-state index contributed by atoms with van der Waals surface area (Å²) >= 11 is 17.3. The van der Waals surface area contributed by atoms with Gasteiger partial charge >= 0.3 is 0 Å². The van der Waals surface area contributed by atoms with Crippen molar-refractivity contribution in [1.82, 2.24) is 0 Å². The number of phenolic OH excluding ortho intramolecular Hbond substituents is 1. The smallest absolute Gasteiger partial charge is 0.290 e. The molecule has 5 nitrogen and oxygen atoms in total. The highest BCUT2D eigenvalue weighted by atomic mass is 35.5. The Morgan fingerprint density at radius 1 is 1.14 bits per heavy atom. The fourth-order valence-electron chi connectivity index (χ4n) is 1.55. The Labute approximate surface area is 134 Å². The van der Waals surface area contributed by atoms with Crippen LogP contribution >= 0.6 is 34.8 Å². The second kappa shape index (κ2) is 6.30. The Hall–Kier alpha value is -1.82. The molecule has 2 aromatic carbocycles. The Morgan fingerprint density at radius 3 is 2.52 bits per heavy atom. The van der Waals surface area contributed by atoms with Crippen LogP contribution in [0.5, 0.6) is 5.75 Å². The monoisotopic (exact) mass is 344 g/mol. The molecule has 0 aromatic heterocycles. The van der Waals surface area contributed by atoms with Gasteiger partial charge in [0.2, 0.25) is 0 Å². The molecule has 0 fully saturated rings. The highest BCUT2D eigenvalue weighted by molar-refractivity contribution is 6.36. The lowest BCUT2D eigenvalue weighted by atomic mass is 10.2. The van der Waals surface area contributed by atoms with Gasteiger partial charge in [0.1, 0.15) is 10.8 Å². The van der Waals surface area contributed by atoms with Crippen molar-refractivity contribution < 1.29 is 10.0 Å². The lowest BCUT2D eigenvalue weighted by molar-refractivity contribution is -0.384. The van der Waals surface area contributed by atoms with Crippen LogP contribution in [0, 0.1) is 10.1 Å². The minimum Gasteiger partial charge on any atom is -0.506 e. The van der Waals surface area contributed by atoms with Crippen LogP contribution in [0.2, 0.25) is 15.1 Å². The topological polar surface area (TPSA) is 75.7 Å². The quantitative estimate of drug-likeness (QED) is 0.482. The van der Waals surface area contributed by atoms with E-state index in [4.69, 9.17) is 34.8 Å². The van der Waals surface area contributed by atoms with E-state index in [1.165, 1.54) is 36.5 Å². The lowest BCUT2D eigenvalue weighted by Gasteiger charge is -2.02. The molecule has 0 heterocycles. The molecule has 0 radical (unpaired) electrons. The van der Waals surface area contributed by atoms with Crippen LogP contribution in [-0.4, -0.2) is 16.2 Å². The second-order valence-electron chi connectivity index (χ2n) is 3.98. The van der Waals surface area contributed by atoms with Crippen LogP contribution in [0.4, 0.5) is 11.4 Å². The van der Waals surface area contributed by atoms with E-state index < -0.39 is 4.92 Å². The molecule has 0 saturated heterocycles. The van der Waals surface area contributed by atoms with Gasteiger partial charge in [-0.05, 0) is 24.3 Å². The number of hydrogen-bond donors (Lipinski definition) is 1. The number of rotatable bonds is 3. The zero-order valence-electron chi connectivity index (χ0n) is 10.3. The highest BCUT2D eigenvalue weighted by Gasteiger charge is 2.12. The van der Waals surface area contributed by atoms with Crippen molar-refractivity contribution in [3.05, 3.63) is 61.1 Å². The average Bonchev–Trinajstić information content (AvgIpc) is 2.42. The van der Waals surface area contributed by atoms with E-state index in [-0.39, 0.29) is 21.5 Å². The van der Waals surface area contributed by atoms with Crippen LogP contribution < -0.4 is 0 Å². The summed E-state index contributed by atoms with van der Waals surface area (Å²) in [4.78, 5) is 14.2. The molecule has 2 rings (SSSR count). The van der Waals surface area contributed by atoms with Gasteiger partial charge in [-0.25, -0.2) is 0 Å². The SMILES string of the molecule is O=[N+]([O-])c1cc(N=Cc2cc(Cl)cc(Cl)c2O)ccc1Cl. The summed E-state index contributed by atoms with van der Waals surface area (Å²) in [6.07, 6.45) is 1.31. The molecule has 1 N–H and O–H groups in total. The molecule has 0 atom stereocenters. The largest absolute Gasteiger partial charge is 0.506 e. The van der Waals surface area contributed by atoms with Gasteiger partial charge in [-0.2, -0.15) is 0 Å². The molecule has 108 valence electrons. The van der Waals surface area contributed by atoms with Gasteiger partial charge in [0, 0.05) is 22.9 Å². The fraction of sp³-hybridized carbons (Fsp3) is 0. The standard InChI is InChI=1S/C13H7Cl3N2O3/c14-8-3-7(13(19)11(16)4-8)6-17-9-1-2-10(15)12(5-9)18(20)21/h1-6,19H. The van der Waals surface area contributed by atoms with E-state index in [0.29, 0.717) is 16.3 Å². The van der Waals surface area contributed by atoms with Crippen molar-refractivity contribution in [2.75, 3.05) is 0 Å². The first-order chi connectivity index (χ1) is 9.88. The Kier molecular flexibility index (Phi) is 4.67. The summed E-state index contributed by atoms with van der Waals surface area (Å²) in [6.45, 7) is 0. The number of nitro groups is 1. The number of aliphatic imine (C=N–C) groups is 1. The molecule has 2 aromatic rings. The predicted molar refractivity (Wildman–Crippen MR) is 83.5 cm³/mol. The molecule has 0 aliphatic carbocycles. The van der Waals surface area contributed by atoms with E-state index in [1.54, 1.807) is 0 Å². The predicted octanol–water partition coefficient (Wildman–Crippen LogP) is 5.01. The van der Waals surface area contributed by atoms with Crippen LogP contribution in [0.1, 0.15) is 5.56 Å². The van der Waals surface area contributed by atoms with Crippen LogP contribution in [-0.2, 0) is 0 Å². The molecular formula is C13H7Cl3N2O3. The van der Waals surface area contributed by atoms with Gasteiger partial charge in [0.25, 0.3) is 5.69 Å². The summed E-state index contributed by atoms with van der Waals surface area (Å²) in [6, 6.07) is 6.97. The molecule has 0 aliphatic rings. The van der Waals surface area contributed by atoms with E-state index in [9.17, 15) is 15.2 Å². The number of aromatic hydroxyl groups is 1. The number of halogens is 3. The van der Waals surface area contributed by atoms with Gasteiger partial charge in [0.05, 0.1) is 15.6 Å². The van der Waals surface area contributed by atoms with E-state index in [1.807, 2.05) is 0 Å². The molecule has 0 bridgehead atoms. The maximum absolute atomic E-state index is 10.8. The van der Waals surface area contributed by atoms with Gasteiger partial charge in [-0.3, -0.25) is 15.1 Å². The summed E-state index contributed by atoms with van der Waals surface area (Å²) in [5.41, 5.74) is 0.353. The van der Waals surface area contributed by atoms with Gasteiger partial charge in [-0.1, -0.05) is 34.8 Å². The van der Waals surface area contributed by atoms with Crippen molar-refractivity contribution in [3.63, 3.8) is 0 Å². The number of benzene rings is 2. The molecule has 0 unspecified atom stereocenters. The number of hydrogen-bond acceptors (Lipinski definition) is 4. The van der Waals surface area contributed by atoms with E-state index in [2.05, 4.69) is 4.99 Å². The highest BCUT2D eigenvalue weighted by Crippen LogP contribution is 2.31. The molecule has 21 heavy (non-hydrogen) atoms. The van der Waals surface area contributed by atoms with E-state index >= 15 is 0 Å². The summed E-state index contributed by atoms with van der Waals surface area (Å²) in [5, 5.41) is 21.0. The molecule has 0 spiro atoms. The maximum atomic E-state index is 10.8. The molecule has 8 heteroatoms. The van der Waals surface area contributed by atoms with Gasteiger partial charge < -0.3 is 5.11 Å². The van der Waals surface area contributed by atoms with Gasteiger partial charge in [0.15, 0.2) is 0 Å². The Morgan fingerprint density at radius 2 is 1.86 bits per heavy atom. The average molecular weight is 346 g/mol. The van der Waals surface area contributed by atoms with Crippen LogP contribution in [0.15, 0.2) is 35.3 Å². The second-order valence-corrected chi connectivity index (χ2v) is 5.23. The first kappa shape index (κ1) is 15.6. The summed E-state index contributed by atoms with van der Waals surface area (Å²) in [7, 11) is 0. The zero-order chi connectivity index (χ0) is 15.6. The first-order valence-corrected chi connectivity index (χ1v) is 6.68. The minimum absolute atomic E-state index is 0.0209. The van der Waals surface area contributed by atoms with Crippen LogP contribution in [0.3, 0.4) is 0 Å². The van der Waals surface area contributed by atoms with Crippen LogP contribution in [0.25, 0.3) is 0 Å². The molecule has 0 aliphatic heterocycles. The van der Waals surface area contributed by atoms with Gasteiger partial charge in [-0.15, -0.1) is 0 Å². The normalized spacial score (nSPS) is 11.0. The summed E-state index contributed by atoms with van der Waals surface area (Å²) in [5.74, 6) is -0.173.